The first kappa shape index (κ1) is 20.1. The Kier molecular flexibility index (Phi) is 6.01. The second-order valence-electron chi connectivity index (χ2n) is 7.38. The van der Waals surface area contributed by atoms with Crippen molar-refractivity contribution < 1.29 is 14.3 Å². The Hall–Kier alpha value is -2.18. The van der Waals surface area contributed by atoms with E-state index >= 15 is 0 Å². The maximum Gasteiger partial charge on any atom is 0.238 e. The molecule has 2 atom stereocenters. The number of methoxy groups -OCH3 is 1. The minimum Gasteiger partial charge on any atom is -0.497 e. The number of likely N-dealkylation sites (tertiary alicyclic amines) is 1. The van der Waals surface area contributed by atoms with Crippen molar-refractivity contribution >= 4 is 40.9 Å². The zero-order valence-electron chi connectivity index (χ0n) is 16.2. The van der Waals surface area contributed by atoms with E-state index < -0.39 is 5.25 Å². The van der Waals surface area contributed by atoms with Crippen molar-refractivity contribution in [1.82, 2.24) is 4.90 Å². The van der Waals surface area contributed by atoms with Crippen molar-refractivity contribution in [2.24, 2.45) is 0 Å². The van der Waals surface area contributed by atoms with Gasteiger partial charge in [0.25, 0.3) is 0 Å². The Bertz CT molecular complexity index is 936. The van der Waals surface area contributed by atoms with E-state index in [1.54, 1.807) is 19.2 Å². The number of fused-ring (bicyclic) bond motifs is 1. The minimum absolute atomic E-state index is 0.0421. The maximum absolute atomic E-state index is 13.0. The number of rotatable bonds is 5. The second-order valence-corrected chi connectivity index (χ2v) is 9.06. The van der Waals surface area contributed by atoms with E-state index in [4.69, 9.17) is 16.3 Å². The number of carbonyl (C=O) groups excluding carboxylic acids is 2. The normalized spacial score (nSPS) is 20.9. The number of thioether (sulfide) groups is 1. The van der Waals surface area contributed by atoms with Crippen molar-refractivity contribution in [1.29, 1.82) is 0 Å². The summed E-state index contributed by atoms with van der Waals surface area (Å²) in [5.41, 5.74) is 1.87. The van der Waals surface area contributed by atoms with Crippen LogP contribution in [-0.4, -0.2) is 41.7 Å². The number of benzene rings is 2. The fourth-order valence-electron chi connectivity index (χ4n) is 3.98. The number of ether oxygens (including phenoxy) is 1. The number of nitrogens with zero attached hydrogens (tertiary/aromatic N) is 1. The summed E-state index contributed by atoms with van der Waals surface area (Å²) in [4.78, 5) is 28.4. The van der Waals surface area contributed by atoms with E-state index in [1.807, 2.05) is 29.2 Å². The van der Waals surface area contributed by atoms with Crippen LogP contribution in [0.15, 0.2) is 47.4 Å². The van der Waals surface area contributed by atoms with Crippen molar-refractivity contribution in [3.8, 4) is 5.75 Å². The maximum atomic E-state index is 13.0. The lowest BCUT2D eigenvalue weighted by molar-refractivity contribution is -0.133. The van der Waals surface area contributed by atoms with Crippen molar-refractivity contribution in [2.45, 2.75) is 41.9 Å². The predicted octanol–water partition coefficient (Wildman–Crippen LogP) is 4.39. The van der Waals surface area contributed by atoms with Gasteiger partial charge in [0.2, 0.25) is 11.8 Å². The van der Waals surface area contributed by atoms with Gasteiger partial charge in [-0.3, -0.25) is 9.59 Å². The number of anilines is 1. The largest absolute Gasteiger partial charge is 0.497 e. The molecule has 2 aromatic rings. The monoisotopic (exact) mass is 430 g/mol. The third-order valence-electron chi connectivity index (χ3n) is 5.42. The average Bonchev–Trinajstić information content (AvgIpc) is 3.17. The van der Waals surface area contributed by atoms with Crippen LogP contribution in [-0.2, 0) is 16.0 Å². The Morgan fingerprint density at radius 1 is 1.31 bits per heavy atom. The molecule has 7 heteroatoms. The first-order valence-electron chi connectivity index (χ1n) is 9.73. The smallest absolute Gasteiger partial charge is 0.238 e. The highest BCUT2D eigenvalue weighted by Gasteiger charge is 2.34. The van der Waals surface area contributed by atoms with E-state index in [9.17, 15) is 9.59 Å². The van der Waals surface area contributed by atoms with Crippen molar-refractivity contribution in [2.75, 3.05) is 19.0 Å². The molecule has 29 heavy (non-hydrogen) atoms. The summed E-state index contributed by atoms with van der Waals surface area (Å²) in [5, 5.41) is 3.04. The van der Waals surface area contributed by atoms with Gasteiger partial charge >= 0.3 is 0 Å². The minimum atomic E-state index is -0.422. The first-order chi connectivity index (χ1) is 14.0. The lowest BCUT2D eigenvalue weighted by Crippen LogP contribution is -2.40. The molecule has 2 aromatic carbocycles. The Morgan fingerprint density at radius 3 is 3.00 bits per heavy atom. The molecular weight excluding hydrogens is 408 g/mol. The highest BCUT2D eigenvalue weighted by atomic mass is 35.5. The molecule has 2 amide bonds. The molecule has 2 aliphatic heterocycles. The van der Waals surface area contributed by atoms with Crippen LogP contribution in [0.1, 0.15) is 24.8 Å². The zero-order valence-corrected chi connectivity index (χ0v) is 17.8. The Balaban J connectivity index is 1.42. The number of nitrogens with one attached hydrogen (secondary N) is 1. The standard InChI is InChI=1S/C22H23ClN2O3S/c1-28-17-6-2-4-14(11-17)10-16-5-3-9-25(16)21(26)13-20-22(27)24-18-12-15(23)7-8-19(18)29-20/h2,4,6-8,11-12,16,20H,3,5,9-10,13H2,1H3,(H,24,27). The molecule has 4 rings (SSSR count). The summed E-state index contributed by atoms with van der Waals surface area (Å²) < 4.78 is 5.31. The summed E-state index contributed by atoms with van der Waals surface area (Å²) in [7, 11) is 1.66. The van der Waals surface area contributed by atoms with Crippen LogP contribution < -0.4 is 10.1 Å². The predicted molar refractivity (Wildman–Crippen MR) is 116 cm³/mol. The van der Waals surface area contributed by atoms with Crippen LogP contribution in [0.2, 0.25) is 5.02 Å². The summed E-state index contributed by atoms with van der Waals surface area (Å²) in [6.45, 7) is 0.749. The topological polar surface area (TPSA) is 58.6 Å². The van der Waals surface area contributed by atoms with Gasteiger partial charge in [0.1, 0.15) is 5.75 Å². The molecule has 0 spiro atoms. The Morgan fingerprint density at radius 2 is 2.17 bits per heavy atom. The number of amides is 2. The fraction of sp³-hybridized carbons (Fsp3) is 0.364. The molecule has 152 valence electrons. The number of carbonyl (C=O) groups is 2. The molecular formula is C22H23ClN2O3S. The number of hydrogen-bond donors (Lipinski definition) is 1. The van der Waals surface area contributed by atoms with E-state index in [0.717, 1.165) is 42.0 Å². The highest BCUT2D eigenvalue weighted by Crippen LogP contribution is 2.38. The lowest BCUT2D eigenvalue weighted by Gasteiger charge is -2.28. The molecule has 0 saturated carbocycles. The van der Waals surface area contributed by atoms with Gasteiger partial charge in [-0.25, -0.2) is 0 Å². The third-order valence-corrected chi connectivity index (χ3v) is 6.93. The van der Waals surface area contributed by atoms with Crippen LogP contribution in [0, 0.1) is 0 Å². The van der Waals surface area contributed by atoms with Crippen molar-refractivity contribution in [3.05, 3.63) is 53.1 Å². The average molecular weight is 431 g/mol. The van der Waals surface area contributed by atoms with Crippen LogP contribution in [0.25, 0.3) is 0 Å². The molecule has 2 heterocycles. The molecule has 2 unspecified atom stereocenters. The summed E-state index contributed by atoms with van der Waals surface area (Å²) in [6, 6.07) is 13.6. The van der Waals surface area contributed by atoms with Crippen LogP contribution in [0.3, 0.4) is 0 Å². The van der Waals surface area contributed by atoms with Crippen molar-refractivity contribution in [3.63, 3.8) is 0 Å². The van der Waals surface area contributed by atoms with Crippen LogP contribution in [0.5, 0.6) is 5.75 Å². The van der Waals surface area contributed by atoms with E-state index in [0.29, 0.717) is 10.7 Å². The van der Waals surface area contributed by atoms with Gasteiger partial charge in [0, 0.05) is 28.9 Å². The number of halogens is 1. The van der Waals surface area contributed by atoms with Crippen LogP contribution in [0.4, 0.5) is 5.69 Å². The van der Waals surface area contributed by atoms with Gasteiger partial charge in [0.05, 0.1) is 18.0 Å². The highest BCUT2D eigenvalue weighted by molar-refractivity contribution is 8.01. The molecule has 1 N–H and O–H groups in total. The molecule has 2 aliphatic rings. The Labute approximate surface area is 179 Å². The molecule has 0 radical (unpaired) electrons. The van der Waals surface area contributed by atoms with Gasteiger partial charge in [-0.05, 0) is 55.2 Å². The molecule has 1 fully saturated rings. The van der Waals surface area contributed by atoms with E-state index in [-0.39, 0.29) is 24.3 Å². The van der Waals surface area contributed by atoms with Gasteiger partial charge in [0.15, 0.2) is 0 Å². The van der Waals surface area contributed by atoms with E-state index in [2.05, 4.69) is 11.4 Å². The van der Waals surface area contributed by atoms with Gasteiger partial charge in [-0.1, -0.05) is 23.7 Å². The van der Waals surface area contributed by atoms with Gasteiger partial charge in [-0.15, -0.1) is 11.8 Å². The number of hydrogen-bond acceptors (Lipinski definition) is 4. The third kappa shape index (κ3) is 4.54. The summed E-state index contributed by atoms with van der Waals surface area (Å²) in [5.74, 6) is 0.731. The summed E-state index contributed by atoms with van der Waals surface area (Å²) >= 11 is 7.44. The zero-order chi connectivity index (χ0) is 20.4. The first-order valence-corrected chi connectivity index (χ1v) is 11.0. The van der Waals surface area contributed by atoms with Gasteiger partial charge < -0.3 is 15.0 Å². The van der Waals surface area contributed by atoms with Gasteiger partial charge in [-0.2, -0.15) is 0 Å². The lowest BCUT2D eigenvalue weighted by atomic mass is 10.0. The van der Waals surface area contributed by atoms with Crippen LogP contribution >= 0.6 is 23.4 Å². The molecule has 0 bridgehead atoms. The summed E-state index contributed by atoms with van der Waals surface area (Å²) in [6.07, 6.45) is 2.97. The molecule has 5 nitrogen and oxygen atoms in total. The van der Waals surface area contributed by atoms with E-state index in [1.165, 1.54) is 11.8 Å². The molecule has 0 aliphatic carbocycles. The quantitative estimate of drug-likeness (QED) is 0.764. The second kappa shape index (κ2) is 8.67. The molecule has 1 saturated heterocycles. The fourth-order valence-corrected chi connectivity index (χ4v) is 5.23. The SMILES string of the molecule is COc1cccc(CC2CCCN2C(=O)CC2Sc3ccc(Cl)cc3NC2=O)c1. The molecule has 0 aromatic heterocycles.